The summed E-state index contributed by atoms with van der Waals surface area (Å²) in [7, 11) is 3.95. The Balaban J connectivity index is 1.86. The van der Waals surface area contributed by atoms with Crippen LogP contribution in [0, 0.1) is 5.92 Å². The second-order valence-corrected chi connectivity index (χ2v) is 6.05. The Hall–Kier alpha value is -0.650. The number of rotatable bonds is 5. The van der Waals surface area contributed by atoms with E-state index >= 15 is 0 Å². The van der Waals surface area contributed by atoms with Crippen molar-refractivity contribution in [3.63, 3.8) is 0 Å². The highest BCUT2D eigenvalue weighted by Crippen LogP contribution is 2.38. The van der Waals surface area contributed by atoms with E-state index in [9.17, 15) is 9.90 Å². The number of nitrogens with one attached hydrogen (secondary N) is 1. The molecule has 1 aliphatic heterocycles. The molecule has 1 saturated carbocycles. The van der Waals surface area contributed by atoms with Gasteiger partial charge in [0.15, 0.2) is 0 Å². The summed E-state index contributed by atoms with van der Waals surface area (Å²) in [4.78, 5) is 16.4. The van der Waals surface area contributed by atoms with Gasteiger partial charge in [-0.15, -0.1) is 0 Å². The van der Waals surface area contributed by atoms with Crippen molar-refractivity contribution in [2.24, 2.45) is 5.92 Å². The fourth-order valence-corrected chi connectivity index (χ4v) is 3.60. The smallest absolute Gasteiger partial charge is 0.324 e. The number of hydrogen-bond donors (Lipinski definition) is 2. The molecule has 2 rings (SSSR count). The van der Waals surface area contributed by atoms with Crippen molar-refractivity contribution in [2.45, 2.75) is 31.2 Å². The molecule has 1 aliphatic carbocycles. The van der Waals surface area contributed by atoms with E-state index in [0.717, 1.165) is 58.4 Å². The zero-order valence-corrected chi connectivity index (χ0v) is 12.2. The number of hydrogen-bond acceptors (Lipinski definition) is 4. The van der Waals surface area contributed by atoms with Crippen LogP contribution in [0.5, 0.6) is 0 Å². The lowest BCUT2D eigenvalue weighted by atomic mass is 9.84. The summed E-state index contributed by atoms with van der Waals surface area (Å²) < 4.78 is 0. The molecule has 0 aromatic carbocycles. The molecule has 0 aromatic rings. The van der Waals surface area contributed by atoms with E-state index in [1.165, 1.54) is 0 Å². The predicted molar refractivity (Wildman–Crippen MR) is 75.3 cm³/mol. The summed E-state index contributed by atoms with van der Waals surface area (Å²) in [5, 5.41) is 12.6. The van der Waals surface area contributed by atoms with Crippen molar-refractivity contribution in [3.8, 4) is 0 Å². The topological polar surface area (TPSA) is 55.8 Å². The normalized spacial score (nSPS) is 33.7. The van der Waals surface area contributed by atoms with Gasteiger partial charge in [0.25, 0.3) is 0 Å². The Bertz CT molecular complexity index is 316. The molecule has 110 valence electrons. The van der Waals surface area contributed by atoms with Crippen LogP contribution in [0.2, 0.25) is 0 Å². The number of nitrogens with zero attached hydrogens (tertiary/aromatic N) is 2. The Labute approximate surface area is 115 Å². The Morgan fingerprint density at radius 1 is 1.37 bits per heavy atom. The van der Waals surface area contributed by atoms with Crippen LogP contribution in [-0.4, -0.2) is 73.2 Å². The Morgan fingerprint density at radius 3 is 2.63 bits per heavy atom. The van der Waals surface area contributed by atoms with Crippen LogP contribution in [0.15, 0.2) is 0 Å². The highest BCUT2D eigenvalue weighted by molar-refractivity contribution is 5.79. The van der Waals surface area contributed by atoms with Gasteiger partial charge in [-0.2, -0.15) is 0 Å². The van der Waals surface area contributed by atoms with Crippen molar-refractivity contribution in [2.75, 3.05) is 46.8 Å². The highest BCUT2D eigenvalue weighted by atomic mass is 16.4. The first kappa shape index (κ1) is 14.8. The molecule has 2 unspecified atom stereocenters. The molecule has 0 radical (unpaired) electrons. The van der Waals surface area contributed by atoms with Gasteiger partial charge in [0.2, 0.25) is 0 Å². The molecule has 2 atom stereocenters. The quantitative estimate of drug-likeness (QED) is 0.760. The molecule has 5 nitrogen and oxygen atoms in total. The zero-order valence-electron chi connectivity index (χ0n) is 12.2. The maximum Gasteiger partial charge on any atom is 0.324 e. The van der Waals surface area contributed by atoms with Gasteiger partial charge < -0.3 is 20.2 Å². The average Bonchev–Trinajstić information content (AvgIpc) is 2.82. The predicted octanol–water partition coefficient (Wildman–Crippen LogP) is 0.467. The minimum Gasteiger partial charge on any atom is -0.480 e. The van der Waals surface area contributed by atoms with Crippen molar-refractivity contribution in [1.82, 2.24) is 15.1 Å². The first-order valence-corrected chi connectivity index (χ1v) is 7.41. The largest absolute Gasteiger partial charge is 0.480 e. The summed E-state index contributed by atoms with van der Waals surface area (Å²) in [6.45, 7) is 5.52. The Morgan fingerprint density at radius 2 is 2.05 bits per heavy atom. The first-order chi connectivity index (χ1) is 9.08. The maximum absolute atomic E-state index is 11.6. The monoisotopic (exact) mass is 269 g/mol. The van der Waals surface area contributed by atoms with E-state index in [1.54, 1.807) is 7.05 Å². The van der Waals surface area contributed by atoms with Crippen LogP contribution < -0.4 is 5.32 Å². The van der Waals surface area contributed by atoms with Crippen LogP contribution in [0.1, 0.15) is 25.7 Å². The summed E-state index contributed by atoms with van der Waals surface area (Å²) >= 11 is 0. The zero-order chi connectivity index (χ0) is 13.9. The van der Waals surface area contributed by atoms with Gasteiger partial charge in [0.05, 0.1) is 0 Å². The molecule has 19 heavy (non-hydrogen) atoms. The van der Waals surface area contributed by atoms with E-state index in [-0.39, 0.29) is 5.92 Å². The molecular formula is C14H27N3O2. The summed E-state index contributed by atoms with van der Waals surface area (Å²) in [5.41, 5.74) is -0.674. The van der Waals surface area contributed by atoms with E-state index in [4.69, 9.17) is 0 Å². The molecule has 0 spiro atoms. The second kappa shape index (κ2) is 6.20. The van der Waals surface area contributed by atoms with Gasteiger partial charge in [-0.3, -0.25) is 4.79 Å². The minimum atomic E-state index is -0.674. The fraction of sp³-hybridized carbons (Fsp3) is 0.929. The van der Waals surface area contributed by atoms with Crippen LogP contribution in [0.4, 0.5) is 0 Å². The molecule has 2 N–H and O–H groups in total. The van der Waals surface area contributed by atoms with Gasteiger partial charge >= 0.3 is 5.97 Å². The van der Waals surface area contributed by atoms with E-state index in [1.807, 2.05) is 0 Å². The highest BCUT2D eigenvalue weighted by Gasteiger charge is 2.47. The third-order valence-corrected chi connectivity index (χ3v) is 5.04. The van der Waals surface area contributed by atoms with Crippen LogP contribution in [0.25, 0.3) is 0 Å². The molecule has 0 amide bonds. The fourth-order valence-electron chi connectivity index (χ4n) is 3.60. The van der Waals surface area contributed by atoms with Crippen molar-refractivity contribution < 1.29 is 9.90 Å². The third-order valence-electron chi connectivity index (χ3n) is 5.04. The number of aliphatic carboxylic acids is 1. The number of carboxylic acid groups (broad SMARTS) is 1. The minimum absolute atomic E-state index is 0.273. The van der Waals surface area contributed by atoms with E-state index in [2.05, 4.69) is 22.2 Å². The first-order valence-electron chi connectivity index (χ1n) is 7.41. The molecule has 1 saturated heterocycles. The molecular weight excluding hydrogens is 242 g/mol. The summed E-state index contributed by atoms with van der Waals surface area (Å²) in [6, 6.07) is 0. The van der Waals surface area contributed by atoms with Gasteiger partial charge in [0, 0.05) is 26.2 Å². The van der Waals surface area contributed by atoms with Crippen molar-refractivity contribution >= 4 is 5.97 Å². The average molecular weight is 269 g/mol. The van der Waals surface area contributed by atoms with E-state index in [0.29, 0.717) is 0 Å². The molecule has 1 heterocycles. The van der Waals surface area contributed by atoms with Gasteiger partial charge in [-0.25, -0.2) is 0 Å². The molecule has 0 aromatic heterocycles. The number of piperazine rings is 1. The maximum atomic E-state index is 11.6. The molecule has 0 bridgehead atoms. The van der Waals surface area contributed by atoms with E-state index < -0.39 is 11.5 Å². The van der Waals surface area contributed by atoms with Crippen LogP contribution >= 0.6 is 0 Å². The molecule has 2 aliphatic rings. The van der Waals surface area contributed by atoms with Crippen molar-refractivity contribution in [1.29, 1.82) is 0 Å². The lowest BCUT2D eigenvalue weighted by molar-refractivity contribution is -0.146. The standard InChI is InChI=1S/C14H27N3O2/c1-15-14(13(18)19)6-3-4-12(14)5-7-17-10-8-16(2)9-11-17/h12,15H,3-11H2,1-2H3,(H,18,19). The van der Waals surface area contributed by atoms with Gasteiger partial charge in [-0.1, -0.05) is 6.42 Å². The summed E-state index contributed by atoms with van der Waals surface area (Å²) in [6.07, 6.45) is 3.84. The second-order valence-electron chi connectivity index (χ2n) is 6.05. The molecule has 2 fully saturated rings. The van der Waals surface area contributed by atoms with Gasteiger partial charge in [-0.05, 0) is 45.8 Å². The van der Waals surface area contributed by atoms with Crippen molar-refractivity contribution in [3.05, 3.63) is 0 Å². The number of carbonyl (C=O) groups is 1. The lowest BCUT2D eigenvalue weighted by Crippen LogP contribution is -2.54. The van der Waals surface area contributed by atoms with Gasteiger partial charge in [0.1, 0.15) is 5.54 Å². The number of likely N-dealkylation sites (N-methyl/N-ethyl adjacent to an activating group) is 2. The van der Waals surface area contributed by atoms with Crippen LogP contribution in [-0.2, 0) is 4.79 Å². The number of carboxylic acids is 1. The lowest BCUT2D eigenvalue weighted by Gasteiger charge is -2.35. The Kier molecular flexibility index (Phi) is 4.81. The van der Waals surface area contributed by atoms with Crippen LogP contribution in [0.3, 0.4) is 0 Å². The summed E-state index contributed by atoms with van der Waals surface area (Å²) in [5.74, 6) is -0.398. The third kappa shape index (κ3) is 3.09. The SMILES string of the molecule is CNC1(C(=O)O)CCCC1CCN1CCN(C)CC1. The molecule has 5 heteroatoms.